The first-order valence-electron chi connectivity index (χ1n) is 18.7. The zero-order valence-corrected chi connectivity index (χ0v) is 40.8. The van der Waals surface area contributed by atoms with Gasteiger partial charge in [-0.2, -0.15) is 32.5 Å². The van der Waals surface area contributed by atoms with E-state index in [0.717, 1.165) is 19.2 Å². The van der Waals surface area contributed by atoms with E-state index in [2.05, 4.69) is 65.5 Å². The lowest BCUT2D eigenvalue weighted by Crippen LogP contribution is -2.47. The van der Waals surface area contributed by atoms with Gasteiger partial charge in [0.15, 0.2) is 31.6 Å². The summed E-state index contributed by atoms with van der Waals surface area (Å²) < 4.78 is 72.0. The summed E-state index contributed by atoms with van der Waals surface area (Å²) in [7, 11) is 4.70. The van der Waals surface area contributed by atoms with E-state index in [9.17, 15) is 41.8 Å². The molecule has 0 aromatic heterocycles. The van der Waals surface area contributed by atoms with Gasteiger partial charge >= 0.3 is 11.9 Å². The summed E-state index contributed by atoms with van der Waals surface area (Å²) in [5.41, 5.74) is 6.18. The second-order valence-corrected chi connectivity index (χ2v) is 19.5. The highest BCUT2D eigenvalue weighted by Crippen LogP contribution is 2.37. The minimum absolute atomic E-state index is 0. The lowest BCUT2D eigenvalue weighted by molar-refractivity contribution is -0.142. The Morgan fingerprint density at radius 3 is 1.48 bits per heavy atom. The van der Waals surface area contributed by atoms with E-state index < -0.39 is 43.6 Å². The fraction of sp³-hybridized carbons (Fsp3) is 0.590. The van der Waals surface area contributed by atoms with Crippen molar-refractivity contribution in [1.82, 2.24) is 9.80 Å². The number of hydrogen-bond acceptors (Lipinski definition) is 11. The van der Waals surface area contributed by atoms with Crippen LogP contribution in [-0.2, 0) is 45.9 Å². The van der Waals surface area contributed by atoms with E-state index in [1.165, 1.54) is 50.4 Å². The van der Waals surface area contributed by atoms with Crippen molar-refractivity contribution < 1.29 is 60.9 Å². The van der Waals surface area contributed by atoms with Crippen LogP contribution in [0.1, 0.15) is 70.4 Å². The minimum atomic E-state index is -2.04. The van der Waals surface area contributed by atoms with Crippen LogP contribution in [0.5, 0.6) is 0 Å². The van der Waals surface area contributed by atoms with E-state index in [1.807, 2.05) is 0 Å². The average molecular weight is 966 g/mol. The van der Waals surface area contributed by atoms with Gasteiger partial charge in [0.2, 0.25) is 11.8 Å². The van der Waals surface area contributed by atoms with Crippen LogP contribution in [0.4, 0.5) is 17.6 Å². The lowest BCUT2D eigenvalue weighted by Gasteiger charge is -2.38. The van der Waals surface area contributed by atoms with Crippen LogP contribution >= 0.6 is 38.8 Å². The number of aryl methyl sites for hydroxylation is 2. The molecular formula is C39H65ClF4N6O9S2Si. The maximum Gasteiger partial charge on any atom is 0.305 e. The monoisotopic (exact) mass is 964 g/mol. The summed E-state index contributed by atoms with van der Waals surface area (Å²) in [6.07, 6.45) is 1.08. The second kappa shape index (κ2) is 34.8. The summed E-state index contributed by atoms with van der Waals surface area (Å²) in [6.45, 7) is 10.6. The summed E-state index contributed by atoms with van der Waals surface area (Å²) >= 11 is 4.55. The number of hydrogen-bond donors (Lipinski definition) is 3. The molecule has 2 amide bonds. The number of nitrogens with zero attached hydrogens (tertiary/aromatic N) is 5. The first-order valence-corrected chi connectivity index (χ1v) is 21.9. The van der Waals surface area contributed by atoms with Gasteiger partial charge in [-0.1, -0.05) is 49.7 Å². The van der Waals surface area contributed by atoms with Crippen LogP contribution in [0, 0.1) is 28.8 Å². The molecule has 23 heteroatoms. The van der Waals surface area contributed by atoms with E-state index in [0.29, 0.717) is 13.0 Å². The minimum Gasteiger partial charge on any atom is -0.469 e. The van der Waals surface area contributed by atoms with E-state index in [1.54, 1.807) is 11.9 Å². The predicted molar refractivity (Wildman–Crippen MR) is 240 cm³/mol. The molecule has 0 aliphatic heterocycles. The van der Waals surface area contributed by atoms with Gasteiger partial charge in [-0.3, -0.25) is 19.2 Å². The second-order valence-electron chi connectivity index (χ2n) is 14.5. The Balaban J connectivity index is -0.000000468. The molecule has 356 valence electrons. The molecule has 3 N–H and O–H groups in total. The van der Waals surface area contributed by atoms with Gasteiger partial charge in [0, 0.05) is 46.9 Å². The first kappa shape index (κ1) is 64.9. The third-order valence-corrected chi connectivity index (χ3v) is 14.3. The van der Waals surface area contributed by atoms with Crippen molar-refractivity contribution in [3.8, 4) is 0 Å². The fourth-order valence-electron chi connectivity index (χ4n) is 4.83. The first-order chi connectivity index (χ1) is 28.1. The number of aliphatic hydroxyl groups excluding tert-OH is 2. The molecule has 0 aliphatic rings. The van der Waals surface area contributed by atoms with Crippen LogP contribution in [0.25, 0.3) is 0 Å². The van der Waals surface area contributed by atoms with Gasteiger partial charge in [-0.15, -0.1) is 0 Å². The Labute approximate surface area is 382 Å². The Morgan fingerprint density at radius 2 is 1.16 bits per heavy atom. The van der Waals surface area contributed by atoms with Crippen LogP contribution in [-0.4, -0.2) is 113 Å². The summed E-state index contributed by atoms with van der Waals surface area (Å²) in [5, 5.41) is 21.4. The van der Waals surface area contributed by atoms with E-state index >= 15 is 0 Å². The molecule has 0 saturated carbocycles. The zero-order valence-electron chi connectivity index (χ0n) is 37.1. The Bertz CT molecular complexity index is 1670. The Kier molecular flexibility index (Phi) is 36.4. The van der Waals surface area contributed by atoms with Gasteiger partial charge in [0.1, 0.15) is 0 Å². The largest absolute Gasteiger partial charge is 0.469 e. The molecule has 2 aromatic carbocycles. The zero-order chi connectivity index (χ0) is 46.6. The molecule has 0 heterocycles. The summed E-state index contributed by atoms with van der Waals surface area (Å²) in [4.78, 5) is 50.5. The number of nitrogens with one attached hydrogen (secondary N) is 1. The van der Waals surface area contributed by atoms with Crippen molar-refractivity contribution in [1.29, 1.82) is 5.53 Å². The molecule has 0 unspecified atom stereocenters. The highest BCUT2D eigenvalue weighted by atomic mass is 35.5. The number of esters is 2. The highest BCUT2D eigenvalue weighted by molar-refractivity contribution is 7.59. The normalized spacial score (nSPS) is 11.6. The summed E-state index contributed by atoms with van der Waals surface area (Å²) in [6, 6.07) is 6.92. The van der Waals surface area contributed by atoms with Gasteiger partial charge < -0.3 is 33.9 Å². The van der Waals surface area contributed by atoms with Crippen LogP contribution in [0.2, 0.25) is 18.1 Å². The average Bonchev–Trinajstić information content (AvgIpc) is 3.22. The van der Waals surface area contributed by atoms with Crippen LogP contribution < -0.4 is 0 Å². The number of halogens is 5. The topological polar surface area (TPSA) is 204 Å². The van der Waals surface area contributed by atoms with Crippen molar-refractivity contribution >= 4 is 70.8 Å². The molecule has 0 fully saturated rings. The third-order valence-electron chi connectivity index (χ3n) is 9.71. The van der Waals surface area contributed by atoms with Gasteiger partial charge in [-0.05, 0) is 77.5 Å². The van der Waals surface area contributed by atoms with Crippen molar-refractivity contribution in [2.45, 2.75) is 102 Å². The van der Waals surface area contributed by atoms with Crippen LogP contribution in [0.3, 0.4) is 0 Å². The number of amides is 2. The molecule has 0 aliphatic carbocycles. The SMILES string of the molecule is CO.COC(=O)CC[C@@H](CO)N(C)C(=O)CCc1cccc(F)c1F.COC(=O)CC[C@@H](CO[Si](C)(C)C(C)(C)C)N(C)C(=O)CCc1cccc(F)c1F.N=NN=NCl.S.S. The molecule has 2 rings (SSSR count). The van der Waals surface area contributed by atoms with Crippen LogP contribution in [0.15, 0.2) is 51.5 Å². The van der Waals surface area contributed by atoms with Crippen molar-refractivity contribution in [2.75, 3.05) is 48.6 Å². The van der Waals surface area contributed by atoms with Crippen molar-refractivity contribution in [3.63, 3.8) is 0 Å². The highest BCUT2D eigenvalue weighted by Gasteiger charge is 2.38. The number of carbonyl (C=O) groups excluding carboxylic acids is 4. The fourth-order valence-corrected chi connectivity index (χ4v) is 5.91. The third kappa shape index (κ3) is 24.8. The molecule has 0 radical (unpaired) electrons. The molecule has 15 nitrogen and oxygen atoms in total. The quantitative estimate of drug-likeness (QED) is 0.0414. The van der Waals surface area contributed by atoms with Gasteiger partial charge in [0.25, 0.3) is 0 Å². The molecule has 2 atom stereocenters. The maximum absolute atomic E-state index is 13.9. The lowest BCUT2D eigenvalue weighted by atomic mass is 10.1. The number of likely N-dealkylation sites (N-methyl/N-ethyl adjacent to an activating group) is 2. The van der Waals surface area contributed by atoms with Crippen molar-refractivity contribution in [3.05, 3.63) is 70.8 Å². The Morgan fingerprint density at radius 1 is 0.774 bits per heavy atom. The molecule has 0 saturated heterocycles. The van der Waals surface area contributed by atoms with E-state index in [-0.39, 0.29) is 119 Å². The van der Waals surface area contributed by atoms with Crippen molar-refractivity contribution in [2.24, 2.45) is 15.1 Å². The van der Waals surface area contributed by atoms with E-state index in [4.69, 9.17) is 19.8 Å². The molecule has 62 heavy (non-hydrogen) atoms. The summed E-state index contributed by atoms with van der Waals surface area (Å²) in [5.74, 6) is -5.06. The number of rotatable bonds is 19. The molecule has 2 aromatic rings. The standard InChI is InChI=1S/C22H35F2NO4Si.C16H21F2NO4.CH4O.ClHN4.2H2S/c1-22(2,3)30(6,7)29-15-17(12-14-20(27)28-5)25(4)19(26)13-11-16-9-8-10-18(23)21(16)24;1-19(12(10-20)7-9-15(22)23-2)14(21)8-6-11-4-3-5-13(17)16(11)18;1-2;1-3-5-4-2;;/h8-10,17H,11-15H2,1-7H3;3-5,12,20H,6-10H2,1-2H3;2H,1H3;2H;2*1H2/t17-;12-;;;;/m00..../s1. The molecule has 0 bridgehead atoms. The Hall–Kier alpha value is -3.67. The molecule has 0 spiro atoms. The molecular weight excluding hydrogens is 900 g/mol. The number of ether oxygens (including phenoxy) is 2. The number of benzene rings is 2. The maximum atomic E-state index is 13.9. The smallest absolute Gasteiger partial charge is 0.305 e. The van der Waals surface area contributed by atoms with Gasteiger partial charge in [0.05, 0.1) is 51.3 Å². The number of methoxy groups -OCH3 is 2. The number of carbonyl (C=O) groups is 4. The van der Waals surface area contributed by atoms with Gasteiger partial charge in [-0.25, -0.2) is 17.6 Å². The number of aliphatic hydroxyl groups is 2. The predicted octanol–water partition coefficient (Wildman–Crippen LogP) is 7.74.